The van der Waals surface area contributed by atoms with Crippen LogP contribution in [0.25, 0.3) is 0 Å². The molecule has 1 fully saturated rings. The number of hydrogen-bond donors (Lipinski definition) is 5. The number of hydrogen-bond acceptors (Lipinski definition) is 9. The van der Waals surface area contributed by atoms with Crippen LogP contribution in [0.1, 0.15) is 69.0 Å². The number of aliphatic imine (C=N–C) groups is 1. The Morgan fingerprint density at radius 3 is 2.66 bits per heavy atom. The quantitative estimate of drug-likeness (QED) is 0.0553. The molecule has 6 rings (SSSR count). The van der Waals surface area contributed by atoms with E-state index < -0.39 is 23.7 Å². The van der Waals surface area contributed by atoms with Crippen LogP contribution in [-0.2, 0) is 11.3 Å². The number of carboxylic acids is 1. The normalized spacial score (nSPS) is 18.1. The standard InChI is InChI=1S/C40H42N6O7/c41-25-45-40(43-14-5-19-52-30-7-4-6-26(20-30)24-46-17-2-1-3-18-46)44-16-15-42-38(49)27-8-11-31(39(50)51)34(21-27)37-32-12-9-28(47)22-35(32)53-36-23-29(48)10-13-33(36)37/h4,6-13,20-23,32,37,48H,1-3,5,14-19,24H2,(H,42,49)(H,50,51)(H2,43,44,45). The summed E-state index contributed by atoms with van der Waals surface area (Å²) in [4.78, 5) is 44.8. The van der Waals surface area contributed by atoms with Crippen LogP contribution >= 0.6 is 0 Å². The van der Waals surface area contributed by atoms with Crippen molar-refractivity contribution in [3.05, 3.63) is 112 Å². The van der Waals surface area contributed by atoms with Gasteiger partial charge in [0.2, 0.25) is 5.96 Å². The van der Waals surface area contributed by atoms with Gasteiger partial charge in [-0.05, 0) is 79.5 Å². The number of piperidine rings is 1. The molecule has 2 atom stereocenters. The van der Waals surface area contributed by atoms with E-state index in [4.69, 9.17) is 9.47 Å². The molecule has 0 radical (unpaired) electrons. The second-order valence-electron chi connectivity index (χ2n) is 13.1. The van der Waals surface area contributed by atoms with E-state index in [2.05, 4.69) is 38.0 Å². The first kappa shape index (κ1) is 36.7. The van der Waals surface area contributed by atoms with Crippen molar-refractivity contribution in [1.82, 2.24) is 20.9 Å². The monoisotopic (exact) mass is 718 g/mol. The number of ether oxygens (including phenoxy) is 2. The Kier molecular flexibility index (Phi) is 12.0. The molecule has 3 aromatic carbocycles. The number of nitrogens with one attached hydrogen (secondary N) is 3. The van der Waals surface area contributed by atoms with Crippen molar-refractivity contribution in [3.8, 4) is 23.4 Å². The maximum absolute atomic E-state index is 13.3. The molecule has 1 aliphatic carbocycles. The van der Waals surface area contributed by atoms with E-state index in [1.165, 1.54) is 67.3 Å². The lowest BCUT2D eigenvalue weighted by molar-refractivity contribution is -0.110. The lowest BCUT2D eigenvalue weighted by Gasteiger charge is -2.35. The van der Waals surface area contributed by atoms with Gasteiger partial charge in [0.25, 0.3) is 5.91 Å². The number of benzene rings is 3. The minimum Gasteiger partial charge on any atom is -0.508 e. The molecule has 2 unspecified atom stereocenters. The third-order valence-corrected chi connectivity index (χ3v) is 9.35. The summed E-state index contributed by atoms with van der Waals surface area (Å²) in [6.07, 6.45) is 10.7. The molecular weight excluding hydrogens is 676 g/mol. The average Bonchev–Trinajstić information content (AvgIpc) is 3.15. The molecule has 2 heterocycles. The summed E-state index contributed by atoms with van der Waals surface area (Å²) >= 11 is 0. The van der Waals surface area contributed by atoms with Gasteiger partial charge in [-0.25, -0.2) is 4.79 Å². The number of phenolic OH excluding ortho intramolecular Hbond substituents is 1. The summed E-state index contributed by atoms with van der Waals surface area (Å²) in [7, 11) is 0. The summed E-state index contributed by atoms with van der Waals surface area (Å²) in [6, 6.07) is 17.1. The molecule has 0 spiro atoms. The van der Waals surface area contributed by atoms with Crippen LogP contribution in [0.2, 0.25) is 0 Å². The number of carbonyl (C=O) groups is 3. The van der Waals surface area contributed by atoms with E-state index in [9.17, 15) is 29.9 Å². The van der Waals surface area contributed by atoms with Crippen molar-refractivity contribution >= 4 is 23.6 Å². The highest BCUT2D eigenvalue weighted by molar-refractivity contribution is 6.01. The van der Waals surface area contributed by atoms with Gasteiger partial charge in [-0.3, -0.25) is 24.8 Å². The van der Waals surface area contributed by atoms with Gasteiger partial charge >= 0.3 is 5.97 Å². The predicted molar refractivity (Wildman–Crippen MR) is 197 cm³/mol. The first-order valence-corrected chi connectivity index (χ1v) is 17.8. The third kappa shape index (κ3) is 9.41. The number of guanidine groups is 1. The van der Waals surface area contributed by atoms with E-state index >= 15 is 0 Å². The second kappa shape index (κ2) is 17.4. The van der Waals surface area contributed by atoms with Crippen LogP contribution < -0.4 is 25.4 Å². The van der Waals surface area contributed by atoms with Crippen molar-refractivity contribution in [2.24, 2.45) is 10.9 Å². The Labute approximate surface area is 307 Å². The average molecular weight is 719 g/mol. The minimum atomic E-state index is -1.18. The number of aromatic hydroxyl groups is 1. The van der Waals surface area contributed by atoms with Crippen LogP contribution in [0.4, 0.5) is 0 Å². The number of likely N-dealkylation sites (tertiary alicyclic amines) is 1. The van der Waals surface area contributed by atoms with E-state index in [0.717, 1.165) is 25.4 Å². The number of ketones is 1. The van der Waals surface area contributed by atoms with E-state index in [-0.39, 0.29) is 41.7 Å². The number of nitrogens with zero attached hydrogens (tertiary/aromatic N) is 3. The molecule has 0 saturated carbocycles. The highest BCUT2D eigenvalue weighted by atomic mass is 16.5. The summed E-state index contributed by atoms with van der Waals surface area (Å²) in [5.41, 5.74) is 2.42. The first-order chi connectivity index (χ1) is 25.8. The molecule has 0 bridgehead atoms. The number of amides is 1. The van der Waals surface area contributed by atoms with Crippen LogP contribution in [0.15, 0.2) is 89.6 Å². The molecule has 1 saturated heterocycles. The van der Waals surface area contributed by atoms with Crippen LogP contribution in [0.5, 0.6) is 17.2 Å². The zero-order valence-electron chi connectivity index (χ0n) is 29.2. The molecule has 13 heteroatoms. The second-order valence-corrected chi connectivity index (χ2v) is 13.1. The van der Waals surface area contributed by atoms with Crippen LogP contribution in [-0.4, -0.2) is 78.1 Å². The molecule has 3 aromatic rings. The zero-order valence-corrected chi connectivity index (χ0v) is 29.2. The molecule has 5 N–H and O–H groups in total. The lowest BCUT2D eigenvalue weighted by atomic mass is 9.74. The van der Waals surface area contributed by atoms with Gasteiger partial charge < -0.3 is 30.3 Å². The number of fused-ring (bicyclic) bond motifs is 2. The Balaban J connectivity index is 1.03. The molecular formula is C40H42N6O7. The van der Waals surface area contributed by atoms with Crippen molar-refractivity contribution < 1.29 is 34.1 Å². The van der Waals surface area contributed by atoms with Crippen molar-refractivity contribution in [2.45, 2.75) is 38.1 Å². The molecule has 1 amide bonds. The van der Waals surface area contributed by atoms with Gasteiger partial charge in [-0.2, -0.15) is 5.26 Å². The summed E-state index contributed by atoms with van der Waals surface area (Å²) in [6.45, 7) is 4.50. The van der Waals surface area contributed by atoms with Crippen LogP contribution in [0, 0.1) is 17.4 Å². The number of carboxylic acid groups (broad SMARTS) is 1. The van der Waals surface area contributed by atoms with E-state index in [1.807, 2.05) is 18.3 Å². The Morgan fingerprint density at radius 2 is 1.85 bits per heavy atom. The molecule has 53 heavy (non-hydrogen) atoms. The first-order valence-electron chi connectivity index (χ1n) is 17.8. The topological polar surface area (TPSA) is 186 Å². The Hall–Kier alpha value is -6.13. The third-order valence-electron chi connectivity index (χ3n) is 9.35. The fraction of sp³-hybridized carbons (Fsp3) is 0.325. The number of carbonyl (C=O) groups excluding carboxylic acids is 2. The molecule has 3 aliphatic rings. The highest BCUT2D eigenvalue weighted by Crippen LogP contribution is 2.49. The van der Waals surface area contributed by atoms with Crippen molar-refractivity contribution in [3.63, 3.8) is 0 Å². The summed E-state index contributed by atoms with van der Waals surface area (Å²) in [5, 5.41) is 37.8. The maximum atomic E-state index is 13.3. The highest BCUT2D eigenvalue weighted by Gasteiger charge is 2.38. The van der Waals surface area contributed by atoms with Gasteiger partial charge in [0.15, 0.2) is 12.0 Å². The summed E-state index contributed by atoms with van der Waals surface area (Å²) < 4.78 is 11.9. The van der Waals surface area contributed by atoms with Gasteiger partial charge in [-0.1, -0.05) is 30.7 Å². The number of aromatic carboxylic acids is 1. The molecule has 274 valence electrons. The van der Waals surface area contributed by atoms with Crippen LogP contribution in [0.3, 0.4) is 0 Å². The number of nitriles is 1. The number of allylic oxidation sites excluding steroid dienone is 3. The van der Waals surface area contributed by atoms with Crippen molar-refractivity contribution in [1.29, 1.82) is 5.26 Å². The fourth-order valence-corrected chi connectivity index (χ4v) is 6.86. The SMILES string of the molecule is N#CNC(=NCCCOc1cccc(CN2CCCCC2)c1)NCCNC(=O)c1ccc(C(=O)O)c(C2c3ccc(O)cc3OC3=CC(=O)C=CC32)c1. The summed E-state index contributed by atoms with van der Waals surface area (Å²) in [5.74, 6) is -1.36. The Bertz CT molecular complexity index is 1980. The smallest absolute Gasteiger partial charge is 0.335 e. The lowest BCUT2D eigenvalue weighted by Crippen LogP contribution is -2.40. The van der Waals surface area contributed by atoms with E-state index in [0.29, 0.717) is 42.2 Å². The molecule has 2 aliphatic heterocycles. The van der Waals surface area contributed by atoms with Crippen molar-refractivity contribution in [2.75, 3.05) is 39.3 Å². The fourth-order valence-electron chi connectivity index (χ4n) is 6.86. The van der Waals surface area contributed by atoms with Gasteiger partial charge in [0.05, 0.1) is 12.2 Å². The Morgan fingerprint density at radius 1 is 1.02 bits per heavy atom. The number of rotatable bonds is 13. The number of phenols is 1. The minimum absolute atomic E-state index is 0.00555. The molecule has 13 nitrogen and oxygen atoms in total. The van der Waals surface area contributed by atoms with Gasteiger partial charge in [0, 0.05) is 67.7 Å². The maximum Gasteiger partial charge on any atom is 0.335 e. The van der Waals surface area contributed by atoms with Gasteiger partial charge in [0.1, 0.15) is 23.0 Å². The zero-order chi connectivity index (χ0) is 37.2. The molecule has 0 aromatic heterocycles. The van der Waals surface area contributed by atoms with E-state index in [1.54, 1.807) is 12.1 Å². The largest absolute Gasteiger partial charge is 0.508 e. The van der Waals surface area contributed by atoms with Gasteiger partial charge in [-0.15, -0.1) is 0 Å². The predicted octanol–water partition coefficient (Wildman–Crippen LogP) is 4.45.